The summed E-state index contributed by atoms with van der Waals surface area (Å²) in [5.41, 5.74) is 2.50. The number of hydrogen-bond donors (Lipinski definition) is 1. The monoisotopic (exact) mass is 298 g/mol. The van der Waals surface area contributed by atoms with Gasteiger partial charge in [-0.1, -0.05) is 5.21 Å². The lowest BCUT2D eigenvalue weighted by Crippen LogP contribution is -2.04. The molecule has 22 heavy (non-hydrogen) atoms. The first-order valence-corrected chi connectivity index (χ1v) is 6.73. The molecule has 3 rings (SSSR count). The van der Waals surface area contributed by atoms with Crippen LogP contribution in [0.15, 0.2) is 30.6 Å². The van der Waals surface area contributed by atoms with E-state index in [0.29, 0.717) is 29.2 Å². The molecule has 0 aliphatic rings. The van der Waals surface area contributed by atoms with Gasteiger partial charge in [0.05, 0.1) is 12.2 Å². The number of aromatic nitrogens is 5. The molecule has 3 aromatic rings. The Bertz CT molecular complexity index is 812. The molecule has 1 N–H and O–H groups in total. The second-order valence-corrected chi connectivity index (χ2v) is 4.53. The molecule has 0 bridgehead atoms. The van der Waals surface area contributed by atoms with E-state index < -0.39 is 0 Å². The van der Waals surface area contributed by atoms with Crippen LogP contribution in [0.1, 0.15) is 17.3 Å². The molecule has 8 heteroatoms. The van der Waals surface area contributed by atoms with Crippen LogP contribution in [0.4, 0.5) is 11.5 Å². The Hall–Kier alpha value is -3.03. The van der Waals surface area contributed by atoms with Gasteiger partial charge in [0.1, 0.15) is 6.33 Å². The van der Waals surface area contributed by atoms with Crippen molar-refractivity contribution in [1.29, 1.82) is 0 Å². The van der Waals surface area contributed by atoms with Crippen molar-refractivity contribution in [3.63, 3.8) is 0 Å². The smallest absolute Gasteiger partial charge is 0.338 e. The highest BCUT2D eigenvalue weighted by Crippen LogP contribution is 2.20. The van der Waals surface area contributed by atoms with E-state index in [9.17, 15) is 4.79 Å². The van der Waals surface area contributed by atoms with Crippen LogP contribution in [0.5, 0.6) is 0 Å². The van der Waals surface area contributed by atoms with Gasteiger partial charge in [0.15, 0.2) is 17.0 Å². The van der Waals surface area contributed by atoms with Gasteiger partial charge < -0.3 is 10.1 Å². The molecule has 0 saturated heterocycles. The number of esters is 1. The maximum Gasteiger partial charge on any atom is 0.338 e. The van der Waals surface area contributed by atoms with Gasteiger partial charge in [-0.3, -0.25) is 0 Å². The zero-order chi connectivity index (χ0) is 15.5. The number of fused-ring (bicyclic) bond motifs is 1. The highest BCUT2D eigenvalue weighted by Gasteiger charge is 2.10. The Kier molecular flexibility index (Phi) is 3.65. The third-order valence-electron chi connectivity index (χ3n) is 3.05. The van der Waals surface area contributed by atoms with Crippen LogP contribution in [0, 0.1) is 0 Å². The third kappa shape index (κ3) is 2.58. The van der Waals surface area contributed by atoms with E-state index in [1.54, 1.807) is 42.9 Å². The summed E-state index contributed by atoms with van der Waals surface area (Å²) in [5, 5.41) is 11.1. The van der Waals surface area contributed by atoms with Crippen LogP contribution >= 0.6 is 0 Å². The number of nitrogens with zero attached hydrogens (tertiary/aromatic N) is 5. The lowest BCUT2D eigenvalue weighted by molar-refractivity contribution is 0.0526. The Morgan fingerprint density at radius 2 is 2.05 bits per heavy atom. The number of anilines is 2. The molecular weight excluding hydrogens is 284 g/mol. The van der Waals surface area contributed by atoms with Crippen molar-refractivity contribution in [3.8, 4) is 0 Å². The zero-order valence-electron chi connectivity index (χ0n) is 12.1. The molecule has 0 radical (unpaired) electrons. The van der Waals surface area contributed by atoms with Gasteiger partial charge in [0.25, 0.3) is 0 Å². The minimum Gasteiger partial charge on any atom is -0.462 e. The van der Waals surface area contributed by atoms with Gasteiger partial charge in [0, 0.05) is 12.7 Å². The molecule has 112 valence electrons. The van der Waals surface area contributed by atoms with Crippen LogP contribution in [-0.4, -0.2) is 37.5 Å². The lowest BCUT2D eigenvalue weighted by atomic mass is 10.2. The van der Waals surface area contributed by atoms with E-state index in [-0.39, 0.29) is 5.97 Å². The van der Waals surface area contributed by atoms with Crippen LogP contribution in [-0.2, 0) is 11.8 Å². The van der Waals surface area contributed by atoms with Crippen molar-refractivity contribution >= 4 is 28.6 Å². The van der Waals surface area contributed by atoms with E-state index in [2.05, 4.69) is 25.6 Å². The first kappa shape index (κ1) is 13.9. The van der Waals surface area contributed by atoms with Crippen LogP contribution in [0.2, 0.25) is 0 Å². The van der Waals surface area contributed by atoms with Gasteiger partial charge in [-0.25, -0.2) is 19.4 Å². The highest BCUT2D eigenvalue weighted by atomic mass is 16.5. The summed E-state index contributed by atoms with van der Waals surface area (Å²) < 4.78 is 6.52. The quantitative estimate of drug-likeness (QED) is 0.732. The molecular formula is C14H14N6O2. The average molecular weight is 298 g/mol. The van der Waals surface area contributed by atoms with Crippen LogP contribution < -0.4 is 5.32 Å². The van der Waals surface area contributed by atoms with E-state index in [4.69, 9.17) is 4.74 Å². The van der Waals surface area contributed by atoms with Crippen LogP contribution in [0.25, 0.3) is 11.2 Å². The Balaban J connectivity index is 1.84. The number of nitrogens with one attached hydrogen (secondary N) is 1. The maximum absolute atomic E-state index is 11.6. The standard InChI is InChI=1S/C14H14N6O2/c1-3-22-14(21)9-4-6-10(7-5-9)17-12-11-13(16-8-15-12)20(2)19-18-11/h4-8H,3H2,1-2H3,(H,15,16,17). The molecule has 2 aromatic heterocycles. The molecule has 0 unspecified atom stereocenters. The first-order chi connectivity index (χ1) is 10.7. The fourth-order valence-corrected chi connectivity index (χ4v) is 1.98. The molecule has 0 aliphatic carbocycles. The average Bonchev–Trinajstić information content (AvgIpc) is 2.91. The Morgan fingerprint density at radius 3 is 2.77 bits per heavy atom. The van der Waals surface area contributed by atoms with Crippen LogP contribution in [0.3, 0.4) is 0 Å². The number of carbonyl (C=O) groups is 1. The van der Waals surface area contributed by atoms with E-state index >= 15 is 0 Å². The second kappa shape index (κ2) is 5.76. The molecule has 0 saturated carbocycles. The van der Waals surface area contributed by atoms with Gasteiger partial charge >= 0.3 is 5.97 Å². The molecule has 8 nitrogen and oxygen atoms in total. The number of carbonyl (C=O) groups excluding carboxylic acids is 1. The molecule has 0 spiro atoms. The van der Waals surface area contributed by atoms with E-state index in [0.717, 1.165) is 5.69 Å². The summed E-state index contributed by atoms with van der Waals surface area (Å²) in [7, 11) is 1.76. The third-order valence-corrected chi connectivity index (χ3v) is 3.05. The van der Waals surface area contributed by atoms with Crippen molar-refractivity contribution in [2.45, 2.75) is 6.92 Å². The summed E-state index contributed by atoms with van der Waals surface area (Å²) in [4.78, 5) is 19.9. The predicted molar refractivity (Wildman–Crippen MR) is 79.8 cm³/mol. The van der Waals surface area contributed by atoms with Crippen molar-refractivity contribution < 1.29 is 9.53 Å². The summed E-state index contributed by atoms with van der Waals surface area (Å²) in [6, 6.07) is 6.93. The summed E-state index contributed by atoms with van der Waals surface area (Å²) >= 11 is 0. The molecule has 0 atom stereocenters. The van der Waals surface area contributed by atoms with Crippen molar-refractivity contribution in [2.75, 3.05) is 11.9 Å². The number of ether oxygens (including phenoxy) is 1. The topological polar surface area (TPSA) is 94.8 Å². The van der Waals surface area contributed by atoms with E-state index in [1.807, 2.05) is 0 Å². The van der Waals surface area contributed by atoms with E-state index in [1.165, 1.54) is 6.33 Å². The van der Waals surface area contributed by atoms with Gasteiger partial charge in [-0.15, -0.1) is 5.10 Å². The fourth-order valence-electron chi connectivity index (χ4n) is 1.98. The molecule has 1 aromatic carbocycles. The number of benzene rings is 1. The second-order valence-electron chi connectivity index (χ2n) is 4.53. The van der Waals surface area contributed by atoms with Gasteiger partial charge in [-0.2, -0.15) is 0 Å². The molecule has 2 heterocycles. The highest BCUT2D eigenvalue weighted by molar-refractivity contribution is 5.90. The summed E-state index contributed by atoms with van der Waals surface area (Å²) in [6.45, 7) is 2.12. The Labute approximate surface area is 126 Å². The lowest BCUT2D eigenvalue weighted by Gasteiger charge is -2.06. The van der Waals surface area contributed by atoms with Gasteiger partial charge in [-0.05, 0) is 31.2 Å². The minimum absolute atomic E-state index is 0.340. The normalized spacial score (nSPS) is 10.6. The number of aryl methyl sites for hydroxylation is 1. The number of rotatable bonds is 4. The predicted octanol–water partition coefficient (Wildman–Crippen LogP) is 1.68. The van der Waals surface area contributed by atoms with Gasteiger partial charge in [0.2, 0.25) is 0 Å². The maximum atomic E-state index is 11.6. The van der Waals surface area contributed by atoms with Crippen molar-refractivity contribution in [3.05, 3.63) is 36.2 Å². The summed E-state index contributed by atoms with van der Waals surface area (Å²) in [5.74, 6) is 0.217. The first-order valence-electron chi connectivity index (χ1n) is 6.73. The molecule has 0 fully saturated rings. The largest absolute Gasteiger partial charge is 0.462 e. The summed E-state index contributed by atoms with van der Waals surface area (Å²) in [6.07, 6.45) is 1.45. The van der Waals surface area contributed by atoms with Crippen molar-refractivity contribution in [2.24, 2.45) is 7.05 Å². The van der Waals surface area contributed by atoms with Crippen molar-refractivity contribution in [1.82, 2.24) is 25.0 Å². The minimum atomic E-state index is -0.340. The molecule has 0 amide bonds. The Morgan fingerprint density at radius 1 is 1.27 bits per heavy atom. The SMILES string of the molecule is CCOC(=O)c1ccc(Nc2ncnc3c2nnn3C)cc1. The molecule has 0 aliphatic heterocycles. The zero-order valence-corrected chi connectivity index (χ0v) is 12.1. The number of hydrogen-bond acceptors (Lipinski definition) is 7. The fraction of sp³-hybridized carbons (Fsp3) is 0.214.